The van der Waals surface area contributed by atoms with Crippen molar-refractivity contribution in [1.29, 1.82) is 5.26 Å². The monoisotopic (exact) mass is 155 g/mol. The highest BCUT2D eigenvalue weighted by Gasteiger charge is 2.21. The van der Waals surface area contributed by atoms with Crippen LogP contribution < -0.4 is 0 Å². The molecule has 0 aromatic heterocycles. The van der Waals surface area contributed by atoms with Crippen LogP contribution in [-0.4, -0.2) is 16.9 Å². The molecule has 1 N–H and O–H groups in total. The van der Waals surface area contributed by atoms with Crippen molar-refractivity contribution in [2.45, 2.75) is 19.8 Å². The highest BCUT2D eigenvalue weighted by atomic mass is 16.4. The number of rotatable bonds is 4. The van der Waals surface area contributed by atoms with Crippen molar-refractivity contribution in [1.82, 2.24) is 0 Å². The molecule has 0 bridgehead atoms. The van der Waals surface area contributed by atoms with Crippen molar-refractivity contribution in [3.8, 4) is 6.07 Å². The number of hydrogen-bond acceptors (Lipinski definition) is 3. The third-order valence-corrected chi connectivity index (χ3v) is 1.33. The van der Waals surface area contributed by atoms with E-state index in [0.717, 1.165) is 0 Å². The van der Waals surface area contributed by atoms with Gasteiger partial charge in [0.15, 0.2) is 0 Å². The zero-order valence-electron chi connectivity index (χ0n) is 6.20. The molecule has 0 aliphatic heterocycles. The molecule has 1 unspecified atom stereocenters. The zero-order chi connectivity index (χ0) is 8.85. The second-order valence-electron chi connectivity index (χ2n) is 2.20. The maximum Gasteiger partial charge on any atom is 0.314 e. The molecule has 0 spiro atoms. The van der Waals surface area contributed by atoms with E-state index in [0.29, 0.717) is 0 Å². The minimum Gasteiger partial charge on any atom is -0.481 e. The minimum atomic E-state index is -1.15. The van der Waals surface area contributed by atoms with Crippen LogP contribution in [0, 0.1) is 17.2 Å². The molecule has 0 aromatic rings. The average molecular weight is 155 g/mol. The molecule has 11 heavy (non-hydrogen) atoms. The highest BCUT2D eigenvalue weighted by molar-refractivity contribution is 5.96. The number of carboxylic acid groups (broad SMARTS) is 1. The van der Waals surface area contributed by atoms with E-state index in [1.807, 2.05) is 0 Å². The second-order valence-corrected chi connectivity index (χ2v) is 2.20. The van der Waals surface area contributed by atoms with Crippen LogP contribution in [-0.2, 0) is 9.59 Å². The van der Waals surface area contributed by atoms with E-state index in [1.165, 1.54) is 6.92 Å². The van der Waals surface area contributed by atoms with E-state index in [4.69, 9.17) is 10.4 Å². The lowest BCUT2D eigenvalue weighted by atomic mass is 10.0. The first kappa shape index (κ1) is 9.63. The highest BCUT2D eigenvalue weighted by Crippen LogP contribution is 2.06. The van der Waals surface area contributed by atoms with Gasteiger partial charge in [0.2, 0.25) is 0 Å². The van der Waals surface area contributed by atoms with E-state index in [-0.39, 0.29) is 12.8 Å². The van der Waals surface area contributed by atoms with Gasteiger partial charge in [-0.2, -0.15) is 5.26 Å². The number of carboxylic acids is 1. The number of carbonyl (C=O) groups excluding carboxylic acids is 1. The van der Waals surface area contributed by atoms with Gasteiger partial charge in [-0.05, 0) is 13.3 Å². The summed E-state index contributed by atoms with van der Waals surface area (Å²) in [5.74, 6) is -2.55. The van der Waals surface area contributed by atoms with Crippen LogP contribution in [0.25, 0.3) is 0 Å². The van der Waals surface area contributed by atoms with E-state index in [9.17, 15) is 9.59 Å². The third kappa shape index (κ3) is 3.36. The SMILES string of the molecule is CC(=O)C(CCC#N)C(=O)O. The lowest BCUT2D eigenvalue weighted by Crippen LogP contribution is -2.20. The molecule has 4 nitrogen and oxygen atoms in total. The van der Waals surface area contributed by atoms with Crippen LogP contribution in [0.5, 0.6) is 0 Å². The fraction of sp³-hybridized carbons (Fsp3) is 0.571. The summed E-state index contributed by atoms with van der Waals surface area (Å²) in [5, 5.41) is 16.6. The lowest BCUT2D eigenvalue weighted by molar-refractivity contribution is -0.145. The summed E-state index contributed by atoms with van der Waals surface area (Å²) < 4.78 is 0. The Kier molecular flexibility index (Phi) is 3.89. The van der Waals surface area contributed by atoms with Gasteiger partial charge in [0.05, 0.1) is 6.07 Å². The molecule has 4 heteroatoms. The Morgan fingerprint density at radius 2 is 2.18 bits per heavy atom. The first-order chi connectivity index (χ1) is 5.09. The summed E-state index contributed by atoms with van der Waals surface area (Å²) in [4.78, 5) is 20.9. The number of Topliss-reactive ketones (excluding diaryl/α,β-unsaturated/α-hetero) is 1. The molecule has 0 fully saturated rings. The Labute approximate surface area is 64.4 Å². The minimum absolute atomic E-state index is 0.108. The summed E-state index contributed by atoms with van der Waals surface area (Å²) in [6.45, 7) is 1.22. The van der Waals surface area contributed by atoms with Gasteiger partial charge in [0.1, 0.15) is 11.7 Å². The standard InChI is InChI=1S/C7H9NO3/c1-5(9)6(7(10)11)3-2-4-8/h6H,2-3H2,1H3,(H,10,11). The summed E-state index contributed by atoms with van der Waals surface area (Å²) >= 11 is 0. The molecular formula is C7H9NO3. The molecule has 0 radical (unpaired) electrons. The van der Waals surface area contributed by atoms with Gasteiger partial charge >= 0.3 is 5.97 Å². The molecule has 60 valence electrons. The van der Waals surface area contributed by atoms with Crippen LogP contribution in [0.3, 0.4) is 0 Å². The van der Waals surface area contributed by atoms with Gasteiger partial charge < -0.3 is 5.11 Å². The molecular weight excluding hydrogens is 146 g/mol. The van der Waals surface area contributed by atoms with Gasteiger partial charge in [-0.15, -0.1) is 0 Å². The van der Waals surface area contributed by atoms with Crippen molar-refractivity contribution in [2.24, 2.45) is 5.92 Å². The van der Waals surface area contributed by atoms with E-state index in [1.54, 1.807) is 6.07 Å². The molecule has 0 amide bonds. The summed E-state index contributed by atoms with van der Waals surface area (Å²) in [6.07, 6.45) is 0.220. The van der Waals surface area contributed by atoms with Gasteiger partial charge in [0, 0.05) is 6.42 Å². The van der Waals surface area contributed by atoms with Crippen molar-refractivity contribution >= 4 is 11.8 Å². The van der Waals surface area contributed by atoms with E-state index < -0.39 is 17.7 Å². The van der Waals surface area contributed by atoms with Gasteiger partial charge in [-0.1, -0.05) is 0 Å². The maximum absolute atomic E-state index is 10.6. The van der Waals surface area contributed by atoms with Crippen molar-refractivity contribution in [3.63, 3.8) is 0 Å². The average Bonchev–Trinajstić information content (AvgIpc) is 1.87. The number of nitrogens with zero attached hydrogens (tertiary/aromatic N) is 1. The fourth-order valence-electron chi connectivity index (χ4n) is 0.710. The van der Waals surface area contributed by atoms with E-state index >= 15 is 0 Å². The van der Waals surface area contributed by atoms with Crippen LogP contribution in [0.15, 0.2) is 0 Å². The number of aliphatic carboxylic acids is 1. The summed E-state index contributed by atoms with van der Waals surface area (Å²) in [5.41, 5.74) is 0. The lowest BCUT2D eigenvalue weighted by Gasteiger charge is -2.03. The zero-order valence-corrected chi connectivity index (χ0v) is 6.20. The molecule has 1 atom stereocenters. The van der Waals surface area contributed by atoms with Crippen LogP contribution in [0.2, 0.25) is 0 Å². The summed E-state index contributed by atoms with van der Waals surface area (Å²) in [7, 11) is 0. The Bertz CT molecular complexity index is 190. The third-order valence-electron chi connectivity index (χ3n) is 1.33. The second kappa shape index (κ2) is 4.45. The maximum atomic E-state index is 10.6. The predicted molar refractivity (Wildman–Crippen MR) is 36.7 cm³/mol. The number of ketones is 1. The molecule has 0 rings (SSSR count). The van der Waals surface area contributed by atoms with Crippen LogP contribution in [0.1, 0.15) is 19.8 Å². The number of carbonyl (C=O) groups is 2. The summed E-state index contributed by atoms with van der Waals surface area (Å²) in [6, 6.07) is 1.79. The number of nitriles is 1. The predicted octanol–water partition coefficient (Wildman–Crippen LogP) is 0.580. The topological polar surface area (TPSA) is 78.2 Å². The quantitative estimate of drug-likeness (QED) is 0.602. The Hall–Kier alpha value is -1.37. The van der Waals surface area contributed by atoms with Crippen molar-refractivity contribution in [3.05, 3.63) is 0 Å². The van der Waals surface area contributed by atoms with Crippen molar-refractivity contribution < 1.29 is 14.7 Å². The molecule has 0 aromatic carbocycles. The van der Waals surface area contributed by atoms with Gasteiger partial charge in [-0.25, -0.2) is 0 Å². The van der Waals surface area contributed by atoms with Crippen molar-refractivity contribution in [2.75, 3.05) is 0 Å². The Morgan fingerprint density at radius 3 is 2.45 bits per heavy atom. The number of hydrogen-bond donors (Lipinski definition) is 1. The van der Waals surface area contributed by atoms with E-state index in [2.05, 4.69) is 0 Å². The smallest absolute Gasteiger partial charge is 0.314 e. The first-order valence-corrected chi connectivity index (χ1v) is 3.19. The molecule has 0 aliphatic rings. The van der Waals surface area contributed by atoms with Crippen LogP contribution >= 0.6 is 0 Å². The Morgan fingerprint density at radius 1 is 1.64 bits per heavy atom. The van der Waals surface area contributed by atoms with Crippen LogP contribution in [0.4, 0.5) is 0 Å². The normalized spacial score (nSPS) is 11.6. The molecule has 0 aliphatic carbocycles. The largest absolute Gasteiger partial charge is 0.481 e. The van der Waals surface area contributed by atoms with Gasteiger partial charge in [-0.3, -0.25) is 9.59 Å². The fourth-order valence-corrected chi connectivity index (χ4v) is 0.710. The van der Waals surface area contributed by atoms with Gasteiger partial charge in [0.25, 0.3) is 0 Å². The molecule has 0 heterocycles. The Balaban J connectivity index is 4.03. The molecule has 0 saturated carbocycles. The first-order valence-electron chi connectivity index (χ1n) is 3.19. The molecule has 0 saturated heterocycles.